The van der Waals surface area contributed by atoms with Gasteiger partial charge in [0.25, 0.3) is 5.69 Å². The molecule has 0 saturated heterocycles. The number of fused-ring (bicyclic) bond motifs is 1. The number of nitrogens with one attached hydrogen (secondary N) is 1. The number of halogens is 1. The molecule has 6 nitrogen and oxygen atoms in total. The summed E-state index contributed by atoms with van der Waals surface area (Å²) < 4.78 is 18.9. The van der Waals surface area contributed by atoms with Crippen molar-refractivity contribution < 1.29 is 18.5 Å². The summed E-state index contributed by atoms with van der Waals surface area (Å²) in [6.07, 6.45) is 0. The van der Waals surface area contributed by atoms with Crippen LogP contribution < -0.4 is 5.32 Å². The van der Waals surface area contributed by atoms with Crippen molar-refractivity contribution in [2.24, 2.45) is 0 Å². The molecule has 2 aromatic carbocycles. The van der Waals surface area contributed by atoms with Crippen LogP contribution in [-0.2, 0) is 0 Å². The molecule has 7 heteroatoms. The molecule has 3 aromatic rings. The van der Waals surface area contributed by atoms with Gasteiger partial charge in [-0.3, -0.25) is 14.9 Å². The van der Waals surface area contributed by atoms with Crippen LogP contribution in [0.2, 0.25) is 0 Å². The zero-order chi connectivity index (χ0) is 18.1. The monoisotopic (exact) mass is 342 g/mol. The number of Topliss-reactive ketones (excluding diaryl/α,β-unsaturated/α-hetero) is 1. The first-order chi connectivity index (χ1) is 11.9. The number of rotatable bonds is 5. The van der Waals surface area contributed by atoms with E-state index in [4.69, 9.17) is 4.42 Å². The van der Waals surface area contributed by atoms with Gasteiger partial charge in [0.1, 0.15) is 11.4 Å². The van der Waals surface area contributed by atoms with Crippen LogP contribution in [0.1, 0.15) is 21.7 Å². The van der Waals surface area contributed by atoms with E-state index in [1.54, 1.807) is 19.9 Å². The molecule has 0 atom stereocenters. The van der Waals surface area contributed by atoms with Crippen molar-refractivity contribution in [2.45, 2.75) is 13.8 Å². The Morgan fingerprint density at radius 3 is 2.68 bits per heavy atom. The number of nitro groups is 1. The molecule has 0 aliphatic carbocycles. The standard InChI is InChI=1S/C18H15FN2O4/c1-10-7-13(21(23)24)4-5-15(10)20-9-16(22)18-11(2)14-8-12(19)3-6-17(14)25-18/h3-8,20H,9H2,1-2H3. The van der Waals surface area contributed by atoms with Crippen molar-refractivity contribution in [3.8, 4) is 0 Å². The lowest BCUT2D eigenvalue weighted by molar-refractivity contribution is -0.384. The lowest BCUT2D eigenvalue weighted by atomic mass is 10.1. The second kappa shape index (κ2) is 6.35. The van der Waals surface area contributed by atoms with Gasteiger partial charge in [0.05, 0.1) is 11.5 Å². The van der Waals surface area contributed by atoms with E-state index < -0.39 is 10.7 Å². The first-order valence-corrected chi connectivity index (χ1v) is 7.57. The van der Waals surface area contributed by atoms with Gasteiger partial charge < -0.3 is 9.73 Å². The highest BCUT2D eigenvalue weighted by Gasteiger charge is 2.18. The predicted molar refractivity (Wildman–Crippen MR) is 91.6 cm³/mol. The Hall–Kier alpha value is -3.22. The molecule has 1 heterocycles. The summed E-state index contributed by atoms with van der Waals surface area (Å²) in [5.41, 5.74) is 2.31. The van der Waals surface area contributed by atoms with Crippen molar-refractivity contribution in [3.63, 3.8) is 0 Å². The van der Waals surface area contributed by atoms with Gasteiger partial charge in [0.2, 0.25) is 5.78 Å². The number of hydrogen-bond donors (Lipinski definition) is 1. The van der Waals surface area contributed by atoms with Gasteiger partial charge >= 0.3 is 0 Å². The molecule has 128 valence electrons. The molecule has 0 radical (unpaired) electrons. The molecule has 3 rings (SSSR count). The second-order valence-electron chi connectivity index (χ2n) is 5.73. The van der Waals surface area contributed by atoms with Gasteiger partial charge in [0.15, 0.2) is 5.76 Å². The summed E-state index contributed by atoms with van der Waals surface area (Å²) in [4.78, 5) is 22.7. The largest absolute Gasteiger partial charge is 0.453 e. The van der Waals surface area contributed by atoms with Crippen LogP contribution in [0, 0.1) is 29.8 Å². The summed E-state index contributed by atoms with van der Waals surface area (Å²) in [5, 5.41) is 14.3. The number of ketones is 1. The molecular weight excluding hydrogens is 327 g/mol. The third kappa shape index (κ3) is 3.21. The Morgan fingerprint density at radius 2 is 2.00 bits per heavy atom. The van der Waals surface area contributed by atoms with E-state index in [0.29, 0.717) is 27.8 Å². The first kappa shape index (κ1) is 16.6. The third-order valence-corrected chi connectivity index (χ3v) is 4.01. The minimum absolute atomic E-state index is 0.00969. The van der Waals surface area contributed by atoms with E-state index in [-0.39, 0.29) is 23.8 Å². The summed E-state index contributed by atoms with van der Waals surface area (Å²) >= 11 is 0. The zero-order valence-corrected chi connectivity index (χ0v) is 13.6. The molecule has 0 aliphatic heterocycles. The maximum atomic E-state index is 13.3. The highest BCUT2D eigenvalue weighted by Crippen LogP contribution is 2.27. The average Bonchev–Trinajstić information content (AvgIpc) is 2.90. The third-order valence-electron chi connectivity index (χ3n) is 4.01. The number of aryl methyl sites for hydroxylation is 2. The van der Waals surface area contributed by atoms with Crippen LogP contribution in [0.5, 0.6) is 0 Å². The Labute approximate surface area is 142 Å². The number of benzene rings is 2. The first-order valence-electron chi connectivity index (χ1n) is 7.57. The molecule has 0 saturated carbocycles. The van der Waals surface area contributed by atoms with Gasteiger partial charge in [-0.15, -0.1) is 0 Å². The predicted octanol–water partition coefficient (Wildman–Crippen LogP) is 4.39. The molecule has 25 heavy (non-hydrogen) atoms. The fourth-order valence-electron chi connectivity index (χ4n) is 2.67. The molecule has 0 unspecified atom stereocenters. The number of furan rings is 1. The number of hydrogen-bond acceptors (Lipinski definition) is 5. The van der Waals surface area contributed by atoms with Crippen LogP contribution in [0.15, 0.2) is 40.8 Å². The molecule has 1 N–H and O–H groups in total. The van der Waals surface area contributed by atoms with Crippen LogP contribution >= 0.6 is 0 Å². The van der Waals surface area contributed by atoms with E-state index in [2.05, 4.69) is 5.32 Å². The van der Waals surface area contributed by atoms with Gasteiger partial charge in [-0.05, 0) is 43.7 Å². The van der Waals surface area contributed by atoms with Crippen LogP contribution in [0.4, 0.5) is 15.8 Å². The second-order valence-corrected chi connectivity index (χ2v) is 5.73. The van der Waals surface area contributed by atoms with Gasteiger partial charge in [-0.1, -0.05) is 0 Å². The van der Waals surface area contributed by atoms with Gasteiger partial charge in [-0.25, -0.2) is 4.39 Å². The lowest BCUT2D eigenvalue weighted by Gasteiger charge is -2.08. The lowest BCUT2D eigenvalue weighted by Crippen LogP contribution is -2.14. The number of carbonyl (C=O) groups is 1. The highest BCUT2D eigenvalue weighted by molar-refractivity contribution is 6.02. The fourth-order valence-corrected chi connectivity index (χ4v) is 2.67. The Morgan fingerprint density at radius 1 is 1.24 bits per heavy atom. The highest BCUT2D eigenvalue weighted by atomic mass is 19.1. The quantitative estimate of drug-likeness (QED) is 0.422. The number of nitrogens with zero attached hydrogens (tertiary/aromatic N) is 1. The average molecular weight is 342 g/mol. The molecule has 0 aliphatic rings. The number of non-ortho nitro benzene ring substituents is 1. The minimum atomic E-state index is -0.473. The van der Waals surface area contributed by atoms with E-state index in [9.17, 15) is 19.3 Å². The topological polar surface area (TPSA) is 85.4 Å². The molecule has 0 amide bonds. The van der Waals surface area contributed by atoms with Gasteiger partial charge in [0, 0.05) is 28.8 Å². The number of carbonyl (C=O) groups excluding carboxylic acids is 1. The van der Waals surface area contributed by atoms with E-state index in [0.717, 1.165) is 0 Å². The van der Waals surface area contributed by atoms with Gasteiger partial charge in [-0.2, -0.15) is 0 Å². The molecule has 1 aromatic heterocycles. The Kier molecular flexibility index (Phi) is 4.22. The van der Waals surface area contributed by atoms with Crippen molar-refractivity contribution in [1.82, 2.24) is 0 Å². The summed E-state index contributed by atoms with van der Waals surface area (Å²) in [7, 11) is 0. The molecule has 0 spiro atoms. The Balaban J connectivity index is 1.79. The summed E-state index contributed by atoms with van der Waals surface area (Å²) in [6.45, 7) is 3.38. The summed E-state index contributed by atoms with van der Waals surface area (Å²) in [6, 6.07) is 8.46. The number of anilines is 1. The minimum Gasteiger partial charge on any atom is -0.453 e. The van der Waals surface area contributed by atoms with E-state index in [1.165, 1.54) is 30.3 Å². The molecule has 0 fully saturated rings. The van der Waals surface area contributed by atoms with Crippen LogP contribution in [0.25, 0.3) is 11.0 Å². The molecular formula is C18H15FN2O4. The van der Waals surface area contributed by atoms with Crippen molar-refractivity contribution in [1.29, 1.82) is 0 Å². The van der Waals surface area contributed by atoms with E-state index >= 15 is 0 Å². The van der Waals surface area contributed by atoms with Crippen LogP contribution in [0.3, 0.4) is 0 Å². The SMILES string of the molecule is Cc1cc([N+](=O)[O-])ccc1NCC(=O)c1oc2ccc(F)cc2c1C. The van der Waals surface area contributed by atoms with Crippen LogP contribution in [-0.4, -0.2) is 17.3 Å². The maximum Gasteiger partial charge on any atom is 0.269 e. The van der Waals surface area contributed by atoms with Crippen molar-refractivity contribution in [3.05, 3.63) is 69.2 Å². The van der Waals surface area contributed by atoms with E-state index in [1.807, 2.05) is 0 Å². The van der Waals surface area contributed by atoms with Crippen molar-refractivity contribution >= 4 is 28.1 Å². The zero-order valence-electron chi connectivity index (χ0n) is 13.6. The normalized spacial score (nSPS) is 10.8. The smallest absolute Gasteiger partial charge is 0.269 e. The summed E-state index contributed by atoms with van der Waals surface area (Å²) in [5.74, 6) is -0.505. The molecule has 0 bridgehead atoms. The fraction of sp³-hybridized carbons (Fsp3) is 0.167. The van der Waals surface area contributed by atoms with Crippen molar-refractivity contribution in [2.75, 3.05) is 11.9 Å². The Bertz CT molecular complexity index is 994. The number of nitro benzene ring substituents is 1. The maximum absolute atomic E-state index is 13.3.